The standard InChI is InChI=1S/C21H27ClN2O2/c1-12-17(22)4-3-5-18(12)24-19(25)13(2)23-20(26)21-9-14-6-15(10-21)8-16(7-14)11-21/h3-5,13-16H,6-11H2,1-2H3,(H,23,26)(H,24,25)/t13-,14?,15?,16?,21?/m1/s1. The molecule has 4 nitrogen and oxygen atoms in total. The van der Waals surface area contributed by atoms with Gasteiger partial charge >= 0.3 is 0 Å². The van der Waals surface area contributed by atoms with Crippen LogP contribution < -0.4 is 10.6 Å². The van der Waals surface area contributed by atoms with Gasteiger partial charge in [0.2, 0.25) is 11.8 Å². The van der Waals surface area contributed by atoms with Gasteiger partial charge in [-0.15, -0.1) is 0 Å². The Kier molecular flexibility index (Phi) is 4.50. The predicted molar refractivity (Wildman–Crippen MR) is 103 cm³/mol. The van der Waals surface area contributed by atoms with E-state index in [0.717, 1.165) is 24.8 Å². The van der Waals surface area contributed by atoms with Gasteiger partial charge in [-0.05, 0) is 87.8 Å². The lowest BCUT2D eigenvalue weighted by Gasteiger charge is -2.55. The first-order valence-electron chi connectivity index (χ1n) is 9.73. The third-order valence-electron chi connectivity index (χ3n) is 6.79. The zero-order valence-electron chi connectivity index (χ0n) is 15.5. The number of benzene rings is 1. The zero-order valence-corrected chi connectivity index (χ0v) is 16.2. The molecule has 140 valence electrons. The fourth-order valence-electron chi connectivity index (χ4n) is 5.79. The van der Waals surface area contributed by atoms with Crippen molar-refractivity contribution in [3.63, 3.8) is 0 Å². The second-order valence-corrected chi connectivity index (χ2v) is 9.20. The number of amides is 2. The highest BCUT2D eigenvalue weighted by atomic mass is 35.5. The lowest BCUT2D eigenvalue weighted by atomic mass is 9.49. The van der Waals surface area contributed by atoms with Crippen molar-refractivity contribution < 1.29 is 9.59 Å². The molecule has 1 aromatic carbocycles. The van der Waals surface area contributed by atoms with E-state index in [1.54, 1.807) is 13.0 Å². The average Bonchev–Trinajstić information content (AvgIpc) is 2.57. The smallest absolute Gasteiger partial charge is 0.246 e. The van der Waals surface area contributed by atoms with Crippen LogP contribution in [0.25, 0.3) is 0 Å². The van der Waals surface area contributed by atoms with E-state index in [2.05, 4.69) is 10.6 Å². The monoisotopic (exact) mass is 374 g/mol. The SMILES string of the molecule is Cc1c(Cl)cccc1NC(=O)[C@@H](C)NC(=O)C12CC3CC(CC(C3)C1)C2. The van der Waals surface area contributed by atoms with E-state index in [1.165, 1.54) is 19.3 Å². The van der Waals surface area contributed by atoms with Gasteiger partial charge in [-0.2, -0.15) is 0 Å². The maximum atomic E-state index is 13.1. The number of hydrogen-bond donors (Lipinski definition) is 2. The first-order chi connectivity index (χ1) is 12.4. The molecule has 4 aliphatic rings. The number of carbonyl (C=O) groups excluding carboxylic acids is 2. The number of anilines is 1. The van der Waals surface area contributed by atoms with Gasteiger partial charge in [0.15, 0.2) is 0 Å². The zero-order chi connectivity index (χ0) is 18.5. The van der Waals surface area contributed by atoms with Crippen molar-refractivity contribution in [2.45, 2.75) is 58.4 Å². The topological polar surface area (TPSA) is 58.2 Å². The number of rotatable bonds is 4. The molecule has 5 heteroatoms. The summed E-state index contributed by atoms with van der Waals surface area (Å²) in [5.74, 6) is 2.02. The third-order valence-corrected chi connectivity index (χ3v) is 7.20. The second-order valence-electron chi connectivity index (χ2n) is 8.79. The molecular weight excluding hydrogens is 348 g/mol. The summed E-state index contributed by atoms with van der Waals surface area (Å²) in [7, 11) is 0. The summed E-state index contributed by atoms with van der Waals surface area (Å²) in [5.41, 5.74) is 1.30. The van der Waals surface area contributed by atoms with Crippen molar-refractivity contribution in [3.05, 3.63) is 28.8 Å². The van der Waals surface area contributed by atoms with Crippen molar-refractivity contribution in [1.29, 1.82) is 0 Å². The van der Waals surface area contributed by atoms with Crippen LogP contribution in [-0.2, 0) is 9.59 Å². The van der Waals surface area contributed by atoms with E-state index < -0.39 is 6.04 Å². The van der Waals surface area contributed by atoms with E-state index in [-0.39, 0.29) is 17.2 Å². The van der Waals surface area contributed by atoms with Crippen molar-refractivity contribution >= 4 is 29.1 Å². The largest absolute Gasteiger partial charge is 0.344 e. The van der Waals surface area contributed by atoms with Gasteiger partial charge in [0, 0.05) is 16.1 Å². The maximum Gasteiger partial charge on any atom is 0.246 e. The molecule has 1 atom stereocenters. The van der Waals surface area contributed by atoms with Gasteiger partial charge in [-0.1, -0.05) is 17.7 Å². The van der Waals surface area contributed by atoms with Crippen LogP contribution in [0.5, 0.6) is 0 Å². The minimum absolute atomic E-state index is 0.0852. The highest BCUT2D eigenvalue weighted by Crippen LogP contribution is 2.60. The minimum atomic E-state index is -0.561. The Morgan fingerprint density at radius 2 is 1.69 bits per heavy atom. The van der Waals surface area contributed by atoms with Crippen LogP contribution in [0, 0.1) is 30.1 Å². The molecule has 2 amide bonds. The van der Waals surface area contributed by atoms with Crippen molar-refractivity contribution in [1.82, 2.24) is 5.32 Å². The molecule has 4 saturated carbocycles. The molecule has 0 aromatic heterocycles. The van der Waals surface area contributed by atoms with Crippen molar-refractivity contribution in [3.8, 4) is 0 Å². The van der Waals surface area contributed by atoms with E-state index in [1.807, 2.05) is 19.1 Å². The molecule has 4 bridgehead atoms. The first kappa shape index (κ1) is 17.8. The molecule has 1 aromatic rings. The summed E-state index contributed by atoms with van der Waals surface area (Å²) in [4.78, 5) is 25.6. The first-order valence-corrected chi connectivity index (χ1v) is 10.1. The van der Waals surface area contributed by atoms with Crippen LogP contribution in [0.2, 0.25) is 5.02 Å². The van der Waals surface area contributed by atoms with Gasteiger partial charge in [-0.3, -0.25) is 9.59 Å². The molecule has 5 rings (SSSR count). The molecule has 0 heterocycles. The summed E-state index contributed by atoms with van der Waals surface area (Å²) in [6.07, 6.45) is 6.93. The Morgan fingerprint density at radius 1 is 1.12 bits per heavy atom. The van der Waals surface area contributed by atoms with E-state index in [9.17, 15) is 9.59 Å². The van der Waals surface area contributed by atoms with Crippen LogP contribution in [-0.4, -0.2) is 17.9 Å². The number of nitrogens with one attached hydrogen (secondary N) is 2. The third kappa shape index (κ3) is 3.13. The number of halogens is 1. The number of carbonyl (C=O) groups is 2. The van der Waals surface area contributed by atoms with Gasteiger partial charge in [0.1, 0.15) is 6.04 Å². The molecule has 4 aliphatic carbocycles. The van der Waals surface area contributed by atoms with Gasteiger partial charge in [-0.25, -0.2) is 0 Å². The summed E-state index contributed by atoms with van der Waals surface area (Å²) >= 11 is 6.12. The predicted octanol–water partition coefficient (Wildman–Crippen LogP) is 4.31. The van der Waals surface area contributed by atoms with Crippen LogP contribution in [0.1, 0.15) is 51.0 Å². The second kappa shape index (κ2) is 6.56. The Hall–Kier alpha value is -1.55. The summed E-state index contributed by atoms with van der Waals surface area (Å²) < 4.78 is 0. The minimum Gasteiger partial charge on any atom is -0.344 e. The van der Waals surface area contributed by atoms with Crippen molar-refractivity contribution in [2.24, 2.45) is 23.2 Å². The maximum absolute atomic E-state index is 13.1. The molecule has 0 aliphatic heterocycles. The normalized spacial score (nSPS) is 33.0. The van der Waals surface area contributed by atoms with E-state index in [4.69, 9.17) is 11.6 Å². The Bertz CT molecular complexity index is 710. The fraction of sp³-hybridized carbons (Fsp3) is 0.619. The Labute approximate surface area is 160 Å². The summed E-state index contributed by atoms with van der Waals surface area (Å²) in [6, 6.07) is 4.87. The Morgan fingerprint density at radius 3 is 2.27 bits per heavy atom. The molecule has 0 saturated heterocycles. The van der Waals surface area contributed by atoms with Crippen molar-refractivity contribution in [2.75, 3.05) is 5.32 Å². The average molecular weight is 375 g/mol. The fourth-order valence-corrected chi connectivity index (χ4v) is 5.96. The molecule has 4 fully saturated rings. The lowest BCUT2D eigenvalue weighted by molar-refractivity contribution is -0.147. The molecule has 0 spiro atoms. The van der Waals surface area contributed by atoms with E-state index in [0.29, 0.717) is 28.5 Å². The van der Waals surface area contributed by atoms with Crippen LogP contribution >= 0.6 is 11.6 Å². The molecule has 0 unspecified atom stereocenters. The molecular formula is C21H27ClN2O2. The molecule has 26 heavy (non-hydrogen) atoms. The van der Waals surface area contributed by atoms with Crippen LogP contribution in [0.3, 0.4) is 0 Å². The summed E-state index contributed by atoms with van der Waals surface area (Å²) in [6.45, 7) is 3.63. The highest BCUT2D eigenvalue weighted by molar-refractivity contribution is 6.31. The van der Waals surface area contributed by atoms with Gasteiger partial charge in [0.25, 0.3) is 0 Å². The lowest BCUT2D eigenvalue weighted by Crippen LogP contribution is -2.56. The van der Waals surface area contributed by atoms with Gasteiger partial charge in [0.05, 0.1) is 0 Å². The number of hydrogen-bond acceptors (Lipinski definition) is 2. The Balaban J connectivity index is 1.41. The van der Waals surface area contributed by atoms with Gasteiger partial charge < -0.3 is 10.6 Å². The molecule has 2 N–H and O–H groups in total. The van der Waals surface area contributed by atoms with Crippen LogP contribution in [0.15, 0.2) is 18.2 Å². The highest BCUT2D eigenvalue weighted by Gasteiger charge is 2.54. The quantitative estimate of drug-likeness (QED) is 0.825. The van der Waals surface area contributed by atoms with E-state index >= 15 is 0 Å². The molecule has 0 radical (unpaired) electrons. The summed E-state index contributed by atoms with van der Waals surface area (Å²) in [5, 5.41) is 6.52. The van der Waals surface area contributed by atoms with Crippen LogP contribution in [0.4, 0.5) is 5.69 Å².